The summed E-state index contributed by atoms with van der Waals surface area (Å²) in [6, 6.07) is 27.3. The predicted molar refractivity (Wildman–Crippen MR) is 394 cm³/mol. The average Bonchev–Trinajstić information content (AvgIpc) is 1.68. The molecule has 1 N–H and O–H groups in total. The van der Waals surface area contributed by atoms with E-state index in [-0.39, 0.29) is 47.0 Å². The molecule has 28 heteroatoms. The number of carbonyl (C=O) groups excluding carboxylic acids is 6. The number of ketones is 2. The molecule has 3 spiro atoms. The van der Waals surface area contributed by atoms with Gasteiger partial charge in [-0.2, -0.15) is 26.3 Å². The number of alkyl halides is 6. The van der Waals surface area contributed by atoms with E-state index in [1.165, 1.54) is 28.2 Å². The summed E-state index contributed by atoms with van der Waals surface area (Å²) < 4.78 is 110. The van der Waals surface area contributed by atoms with Crippen molar-refractivity contribution in [1.29, 1.82) is 0 Å². The van der Waals surface area contributed by atoms with Gasteiger partial charge >= 0.3 is 12.4 Å². The molecule has 6 aliphatic rings. The van der Waals surface area contributed by atoms with Gasteiger partial charge in [-0.3, -0.25) is 43.5 Å². The van der Waals surface area contributed by atoms with E-state index in [1.54, 1.807) is 102 Å². The molecule has 5 aromatic heterocycles. The number of amides is 4. The highest BCUT2D eigenvalue weighted by Crippen LogP contribution is 2.47. The molecule has 570 valence electrons. The molecule has 3 fully saturated rings. The third-order valence-corrected chi connectivity index (χ3v) is 24.8. The number of anilines is 2. The van der Waals surface area contributed by atoms with Crippen LogP contribution in [0, 0.1) is 19.3 Å². The van der Waals surface area contributed by atoms with Crippen LogP contribution in [-0.2, 0) is 57.1 Å². The second kappa shape index (κ2) is 29.6. The molecule has 0 atom stereocenters. The minimum Gasteiger partial charge on any atom is -0.362 e. The third-order valence-electron chi connectivity index (χ3n) is 22.5. The van der Waals surface area contributed by atoms with E-state index in [0.29, 0.717) is 136 Å². The van der Waals surface area contributed by atoms with Gasteiger partial charge in [0.2, 0.25) is 5.91 Å². The quantitative estimate of drug-likeness (QED) is 0.0997. The number of fused-ring (bicyclic) bond motifs is 6. The minimum atomic E-state index is -4.93. The first-order valence-corrected chi connectivity index (χ1v) is 37.5. The molecular weight excluding hydrogens is 1390 g/mol. The number of benzene rings is 2. The summed E-state index contributed by atoms with van der Waals surface area (Å²) in [5, 5.41) is 2.12. The molecule has 0 saturated carbocycles. The lowest BCUT2D eigenvalue weighted by Gasteiger charge is -2.50. The number of hydrogen-bond acceptors (Lipinski definition) is 14. The van der Waals surface area contributed by atoms with Crippen molar-refractivity contribution in [1.82, 2.24) is 53.1 Å². The zero-order chi connectivity index (χ0) is 77.1. The monoisotopic (exact) mass is 1490 g/mol. The number of aromatic nitrogens is 5. The van der Waals surface area contributed by atoms with Gasteiger partial charge in [0.25, 0.3) is 23.5 Å². The van der Waals surface area contributed by atoms with E-state index in [2.05, 4.69) is 47.7 Å². The number of Topliss-reactive ketones (excluding diaryl/α,β-unsaturated/α-hetero) is 2. The van der Waals surface area contributed by atoms with Crippen LogP contribution in [0.2, 0.25) is 0 Å². The highest BCUT2D eigenvalue weighted by atomic mass is 32.2. The zero-order valence-electron chi connectivity index (χ0n) is 62.5. The van der Waals surface area contributed by atoms with Gasteiger partial charge < -0.3 is 38.6 Å². The number of hydrogen-bond donors (Lipinski definition) is 1. The molecular formula is C78H97F6N13O8S. The van der Waals surface area contributed by atoms with Crippen LogP contribution in [0.5, 0.6) is 0 Å². The van der Waals surface area contributed by atoms with Crippen LogP contribution in [0.3, 0.4) is 0 Å². The third kappa shape index (κ3) is 14.8. The molecule has 0 unspecified atom stereocenters. The van der Waals surface area contributed by atoms with Crippen LogP contribution in [0.25, 0.3) is 11.1 Å². The largest absolute Gasteiger partial charge is 0.456 e. The molecule has 6 aliphatic heterocycles. The molecule has 0 aliphatic carbocycles. The van der Waals surface area contributed by atoms with E-state index in [0.717, 1.165) is 54.0 Å². The molecule has 13 rings (SSSR count). The van der Waals surface area contributed by atoms with Gasteiger partial charge in [0.15, 0.2) is 15.6 Å². The lowest BCUT2D eigenvalue weighted by atomic mass is 9.81. The smallest absolute Gasteiger partial charge is 0.362 e. The Balaban J connectivity index is 0.000000172. The summed E-state index contributed by atoms with van der Waals surface area (Å²) in [6.45, 7) is 20.6. The fourth-order valence-electron chi connectivity index (χ4n) is 16.4. The van der Waals surface area contributed by atoms with Gasteiger partial charge in [0.1, 0.15) is 17.3 Å². The number of rotatable bonds is 10. The summed E-state index contributed by atoms with van der Waals surface area (Å²) >= 11 is 0. The van der Waals surface area contributed by atoms with Crippen molar-refractivity contribution in [2.75, 3.05) is 104 Å². The molecule has 21 nitrogen and oxygen atoms in total. The fraction of sp³-hybridized carbons (Fsp3) is 0.487. The highest BCUT2D eigenvalue weighted by molar-refractivity contribution is 7.92. The van der Waals surface area contributed by atoms with Crippen molar-refractivity contribution in [3.8, 4) is 11.1 Å². The van der Waals surface area contributed by atoms with Crippen LogP contribution >= 0.6 is 0 Å². The Kier molecular flexibility index (Phi) is 21.8. The van der Waals surface area contributed by atoms with Crippen molar-refractivity contribution >= 4 is 56.7 Å². The molecule has 7 aromatic rings. The lowest BCUT2D eigenvalue weighted by molar-refractivity contribution is -0.144. The van der Waals surface area contributed by atoms with E-state index in [4.69, 9.17) is 0 Å². The maximum Gasteiger partial charge on any atom is 0.456 e. The van der Waals surface area contributed by atoms with Gasteiger partial charge in [-0.05, 0) is 195 Å². The average molecular weight is 1490 g/mol. The zero-order valence-corrected chi connectivity index (χ0v) is 63.3. The SMILES string of the molecule is CC(=O)Nc1ccc(-c2ccc(C(=O)N3CCC4(CC3)c3ccc(C(=O)C(F)(F)F)n3CCN4C)cc2C)cn1.CN(C)c1ncccc1C(=O)N1CCC2(CC1)c1ccc(C(F)(F)F)n1CCN2C.Cc1cc(C(=O)N2CCC3(CC2)c2ccc(C(=O)C(C)(C)C)n2CCN3C)ccc1S(=O)(=O)C(C)C.[HH]. The van der Waals surface area contributed by atoms with E-state index in [9.17, 15) is 63.5 Å². The first kappa shape index (κ1) is 78.1. The Bertz CT molecular complexity index is 4630. The topological polar surface area (TPSA) is 212 Å². The maximum absolute atomic E-state index is 13.4. The van der Waals surface area contributed by atoms with Crippen LogP contribution in [-0.4, -0.2) is 202 Å². The Morgan fingerprint density at radius 2 is 1.00 bits per heavy atom. The fourth-order valence-corrected chi connectivity index (χ4v) is 17.7. The summed E-state index contributed by atoms with van der Waals surface area (Å²) in [5.41, 5.74) is 5.62. The number of nitrogens with zero attached hydrogens (tertiary/aromatic N) is 12. The van der Waals surface area contributed by atoms with Crippen LogP contribution in [0.1, 0.15) is 167 Å². The maximum atomic E-state index is 13.4. The van der Waals surface area contributed by atoms with Gasteiger partial charge in [-0.25, -0.2) is 18.4 Å². The normalized spacial score (nSPS) is 18.1. The number of halogens is 6. The van der Waals surface area contributed by atoms with E-state index < -0.39 is 55.4 Å². The number of likely N-dealkylation sites (N-methyl/N-ethyl adjacent to an activating group) is 3. The Labute approximate surface area is 616 Å². The first-order chi connectivity index (χ1) is 49.7. The first-order valence-electron chi connectivity index (χ1n) is 35.9. The van der Waals surface area contributed by atoms with Crippen molar-refractivity contribution in [2.45, 2.75) is 153 Å². The van der Waals surface area contributed by atoms with Crippen LogP contribution < -0.4 is 10.2 Å². The van der Waals surface area contributed by atoms with Gasteiger partial charge in [0, 0.05) is 153 Å². The standard InChI is InChI=1S/C29H30F3N5O3.C28H39N3O4S.C21H26F3N5O.H2/c1-18-16-20(4-6-22(18)21-5-9-25(33-17-21)34-19(2)38)27(40)36-12-10-28(11-13-36)24-8-7-23(26(39)29(30,31)32)37(24)15-14-35(28)3;1-19(2)36(34,35)23-10-8-21(18-20(23)3)26(33)30-14-12-28(13-15-30)24-11-9-22(25(32)27(4,5)6)31(24)17-16-29(28)7;1-26(2)18-15(5-4-10-25-18)19(30)28-11-8-20(9-12-28)16-6-7-17(21(22,23)24)29(16)14-13-27(20)3;/h4-9,16-17H,10-15H2,1-3H3,(H,33,34,38);8-11,18-19H,12-17H2,1-7H3;4-7,10H,8-9,11-14H2,1-3H3;1H. The number of piperidine rings is 3. The molecule has 106 heavy (non-hydrogen) atoms. The second-order valence-electron chi connectivity index (χ2n) is 30.4. The Morgan fingerprint density at radius 3 is 1.42 bits per heavy atom. The molecule has 4 amide bonds. The highest BCUT2D eigenvalue weighted by Gasteiger charge is 2.51. The number of aryl methyl sites for hydroxylation is 2. The summed E-state index contributed by atoms with van der Waals surface area (Å²) in [7, 11) is 6.33. The Morgan fingerprint density at radius 1 is 0.547 bits per heavy atom. The molecule has 0 bridgehead atoms. The number of pyridine rings is 2. The number of carbonyl (C=O) groups is 6. The number of nitrogens with one attached hydrogen (secondary N) is 1. The van der Waals surface area contributed by atoms with Crippen molar-refractivity contribution < 1.29 is 65.0 Å². The molecule has 11 heterocycles. The van der Waals surface area contributed by atoms with Crippen molar-refractivity contribution in [3.05, 3.63) is 171 Å². The van der Waals surface area contributed by atoms with Crippen molar-refractivity contribution in [3.63, 3.8) is 0 Å². The minimum absolute atomic E-state index is 0. The van der Waals surface area contributed by atoms with Gasteiger partial charge in [-0.15, -0.1) is 0 Å². The van der Waals surface area contributed by atoms with Crippen LogP contribution in [0.4, 0.5) is 38.0 Å². The van der Waals surface area contributed by atoms with Gasteiger partial charge in [-0.1, -0.05) is 26.8 Å². The summed E-state index contributed by atoms with van der Waals surface area (Å²) in [5.74, 6) is -1.07. The Hall–Kier alpha value is -8.99. The van der Waals surface area contributed by atoms with Crippen molar-refractivity contribution in [2.24, 2.45) is 5.41 Å². The molecule has 0 radical (unpaired) electrons. The molecule has 3 saturated heterocycles. The number of likely N-dealkylation sites (tertiary alicyclic amines) is 3. The summed E-state index contributed by atoms with van der Waals surface area (Å²) in [4.78, 5) is 99.0. The lowest BCUT2D eigenvalue weighted by Crippen LogP contribution is -2.56. The number of sulfone groups is 1. The van der Waals surface area contributed by atoms with E-state index in [1.807, 2.05) is 85.1 Å². The van der Waals surface area contributed by atoms with Crippen LogP contribution in [0.15, 0.2) is 114 Å². The van der Waals surface area contributed by atoms with E-state index >= 15 is 0 Å². The summed E-state index contributed by atoms with van der Waals surface area (Å²) in [6.07, 6.45) is -2.14. The predicted octanol–water partition coefficient (Wildman–Crippen LogP) is 12.2. The second-order valence-corrected chi connectivity index (χ2v) is 32.9. The van der Waals surface area contributed by atoms with Gasteiger partial charge in [0.05, 0.1) is 43.7 Å². The molecule has 2 aromatic carbocycles.